The van der Waals surface area contributed by atoms with E-state index in [4.69, 9.17) is 5.73 Å². The number of aryl methyl sites for hydroxylation is 1. The molecule has 1 aliphatic heterocycles. The van der Waals surface area contributed by atoms with Crippen molar-refractivity contribution in [3.05, 3.63) is 65.2 Å². The summed E-state index contributed by atoms with van der Waals surface area (Å²) in [5.74, 6) is -0.528. The standard InChI is InChI=1S/C19H21FN4O2/c1-12-9-14(20)4-5-16(12)17-10-15(6-8-24(17)19(21)26)23-18(25)13-3-2-7-22-11-13/h2-5,7,9,11,15,17H,6,8,10H2,1H3,(H2,21,26)(H,23,25). The Bertz CT molecular complexity index is 812. The highest BCUT2D eigenvalue weighted by molar-refractivity contribution is 5.94. The zero-order valence-corrected chi connectivity index (χ0v) is 14.5. The smallest absolute Gasteiger partial charge is 0.315 e. The Morgan fingerprint density at radius 1 is 1.35 bits per heavy atom. The molecule has 1 fully saturated rings. The summed E-state index contributed by atoms with van der Waals surface area (Å²) < 4.78 is 13.4. The van der Waals surface area contributed by atoms with Gasteiger partial charge in [-0.05, 0) is 55.2 Å². The number of piperidine rings is 1. The van der Waals surface area contributed by atoms with Crippen LogP contribution in [0.4, 0.5) is 9.18 Å². The monoisotopic (exact) mass is 356 g/mol. The van der Waals surface area contributed by atoms with E-state index in [-0.39, 0.29) is 23.8 Å². The first-order chi connectivity index (χ1) is 12.5. The van der Waals surface area contributed by atoms with Gasteiger partial charge in [0.15, 0.2) is 0 Å². The summed E-state index contributed by atoms with van der Waals surface area (Å²) in [4.78, 5) is 29.7. The number of pyridine rings is 1. The Balaban J connectivity index is 1.79. The van der Waals surface area contributed by atoms with Crippen LogP contribution in [0.1, 0.15) is 40.4 Å². The molecule has 2 atom stereocenters. The molecular formula is C19H21FN4O2. The third kappa shape index (κ3) is 3.82. The van der Waals surface area contributed by atoms with Crippen LogP contribution in [-0.2, 0) is 0 Å². The van der Waals surface area contributed by atoms with Crippen molar-refractivity contribution in [2.24, 2.45) is 5.73 Å². The molecule has 0 spiro atoms. The fourth-order valence-electron chi connectivity index (χ4n) is 3.43. The number of hydrogen-bond donors (Lipinski definition) is 2. The van der Waals surface area contributed by atoms with E-state index in [1.54, 1.807) is 36.2 Å². The summed E-state index contributed by atoms with van der Waals surface area (Å²) >= 11 is 0. The number of halogens is 1. The quantitative estimate of drug-likeness (QED) is 0.886. The maximum Gasteiger partial charge on any atom is 0.315 e. The predicted octanol–water partition coefficient (Wildman–Crippen LogP) is 2.54. The molecule has 2 unspecified atom stereocenters. The Labute approximate surface area is 151 Å². The zero-order chi connectivity index (χ0) is 18.7. The van der Waals surface area contributed by atoms with Gasteiger partial charge in [-0.25, -0.2) is 9.18 Å². The van der Waals surface area contributed by atoms with E-state index in [9.17, 15) is 14.0 Å². The molecular weight excluding hydrogens is 335 g/mol. The van der Waals surface area contributed by atoms with Gasteiger partial charge in [0.25, 0.3) is 5.91 Å². The first-order valence-electron chi connectivity index (χ1n) is 8.48. The lowest BCUT2D eigenvalue weighted by molar-refractivity contribution is 0.0894. The van der Waals surface area contributed by atoms with Gasteiger partial charge in [-0.3, -0.25) is 9.78 Å². The van der Waals surface area contributed by atoms with Crippen molar-refractivity contribution in [3.8, 4) is 0 Å². The molecule has 6 nitrogen and oxygen atoms in total. The van der Waals surface area contributed by atoms with E-state index in [1.807, 2.05) is 0 Å². The van der Waals surface area contributed by atoms with Crippen molar-refractivity contribution < 1.29 is 14.0 Å². The minimum absolute atomic E-state index is 0.118. The van der Waals surface area contributed by atoms with Gasteiger partial charge >= 0.3 is 6.03 Å². The van der Waals surface area contributed by atoms with Crippen molar-refractivity contribution >= 4 is 11.9 Å². The average Bonchev–Trinajstić information content (AvgIpc) is 2.62. The lowest BCUT2D eigenvalue weighted by Gasteiger charge is -2.39. The number of amides is 3. The van der Waals surface area contributed by atoms with Gasteiger partial charge in [0.05, 0.1) is 11.6 Å². The molecule has 3 rings (SSSR count). The van der Waals surface area contributed by atoms with E-state index in [0.29, 0.717) is 24.9 Å². The zero-order valence-electron chi connectivity index (χ0n) is 14.5. The lowest BCUT2D eigenvalue weighted by Crippen LogP contribution is -2.49. The molecule has 136 valence electrons. The lowest BCUT2D eigenvalue weighted by atomic mass is 9.89. The Hall–Kier alpha value is -2.96. The van der Waals surface area contributed by atoms with Crippen LogP contribution in [0.2, 0.25) is 0 Å². The number of benzene rings is 1. The Morgan fingerprint density at radius 2 is 2.15 bits per heavy atom. The number of nitrogens with two attached hydrogens (primary N) is 1. The van der Waals surface area contributed by atoms with Gasteiger partial charge in [0, 0.05) is 25.0 Å². The maximum atomic E-state index is 13.4. The molecule has 0 radical (unpaired) electrons. The topological polar surface area (TPSA) is 88.3 Å². The normalized spacial score (nSPS) is 19.8. The van der Waals surface area contributed by atoms with Crippen molar-refractivity contribution in [1.82, 2.24) is 15.2 Å². The van der Waals surface area contributed by atoms with E-state index < -0.39 is 6.03 Å². The maximum absolute atomic E-state index is 13.4. The number of aromatic nitrogens is 1. The molecule has 1 saturated heterocycles. The molecule has 26 heavy (non-hydrogen) atoms. The van der Waals surface area contributed by atoms with E-state index >= 15 is 0 Å². The van der Waals surface area contributed by atoms with Crippen LogP contribution in [-0.4, -0.2) is 34.4 Å². The highest BCUT2D eigenvalue weighted by Crippen LogP contribution is 2.33. The molecule has 2 aromatic rings. The second kappa shape index (κ2) is 7.51. The SMILES string of the molecule is Cc1cc(F)ccc1C1CC(NC(=O)c2cccnc2)CCN1C(N)=O. The molecule has 3 N–H and O–H groups in total. The number of nitrogens with zero attached hydrogens (tertiary/aromatic N) is 2. The highest BCUT2D eigenvalue weighted by Gasteiger charge is 2.33. The van der Waals surface area contributed by atoms with Crippen molar-refractivity contribution in [3.63, 3.8) is 0 Å². The van der Waals surface area contributed by atoms with Gasteiger partial charge in [-0.2, -0.15) is 0 Å². The predicted molar refractivity (Wildman–Crippen MR) is 94.9 cm³/mol. The van der Waals surface area contributed by atoms with Crippen molar-refractivity contribution in [2.45, 2.75) is 31.8 Å². The van der Waals surface area contributed by atoms with Crippen LogP contribution < -0.4 is 11.1 Å². The van der Waals surface area contributed by atoms with Crippen LogP contribution in [0.15, 0.2) is 42.7 Å². The van der Waals surface area contributed by atoms with Crippen molar-refractivity contribution in [2.75, 3.05) is 6.54 Å². The first-order valence-corrected chi connectivity index (χ1v) is 8.48. The van der Waals surface area contributed by atoms with E-state index in [1.165, 1.54) is 18.3 Å². The fourth-order valence-corrected chi connectivity index (χ4v) is 3.43. The number of likely N-dealkylation sites (tertiary alicyclic amines) is 1. The van der Waals surface area contributed by atoms with Gasteiger partial charge in [0.2, 0.25) is 0 Å². The van der Waals surface area contributed by atoms with Crippen LogP contribution >= 0.6 is 0 Å². The molecule has 1 aromatic carbocycles. The second-order valence-corrected chi connectivity index (χ2v) is 6.48. The number of hydrogen-bond acceptors (Lipinski definition) is 3. The second-order valence-electron chi connectivity index (χ2n) is 6.48. The minimum atomic E-state index is -0.518. The third-order valence-electron chi connectivity index (χ3n) is 4.74. The number of carbonyl (C=O) groups excluding carboxylic acids is 2. The summed E-state index contributed by atoms with van der Waals surface area (Å²) in [6.07, 6.45) is 4.23. The first kappa shape index (κ1) is 17.8. The van der Waals surface area contributed by atoms with Gasteiger partial charge in [-0.1, -0.05) is 6.07 Å². The summed E-state index contributed by atoms with van der Waals surface area (Å²) in [5, 5.41) is 2.99. The number of urea groups is 1. The van der Waals surface area contributed by atoms with Crippen LogP contribution in [0.25, 0.3) is 0 Å². The van der Waals surface area contributed by atoms with Gasteiger partial charge in [0.1, 0.15) is 5.82 Å². The van der Waals surface area contributed by atoms with Crippen LogP contribution in [0.5, 0.6) is 0 Å². The molecule has 3 amide bonds. The molecule has 1 aromatic heterocycles. The highest BCUT2D eigenvalue weighted by atomic mass is 19.1. The summed E-state index contributed by atoms with van der Waals surface area (Å²) in [5.41, 5.74) is 7.60. The summed E-state index contributed by atoms with van der Waals surface area (Å²) in [6.45, 7) is 2.23. The summed E-state index contributed by atoms with van der Waals surface area (Å²) in [6, 6.07) is 6.95. The van der Waals surface area contributed by atoms with Crippen molar-refractivity contribution in [1.29, 1.82) is 0 Å². The largest absolute Gasteiger partial charge is 0.351 e. The van der Waals surface area contributed by atoms with Gasteiger partial charge < -0.3 is 16.0 Å². The van der Waals surface area contributed by atoms with E-state index in [2.05, 4.69) is 10.3 Å². The molecule has 0 aliphatic carbocycles. The van der Waals surface area contributed by atoms with Crippen LogP contribution in [0, 0.1) is 12.7 Å². The number of nitrogens with one attached hydrogen (secondary N) is 1. The summed E-state index contributed by atoms with van der Waals surface area (Å²) in [7, 11) is 0. The average molecular weight is 356 g/mol. The van der Waals surface area contributed by atoms with Gasteiger partial charge in [-0.15, -0.1) is 0 Å². The molecule has 7 heteroatoms. The van der Waals surface area contributed by atoms with E-state index in [0.717, 1.165) is 11.1 Å². The third-order valence-corrected chi connectivity index (χ3v) is 4.74. The molecule has 0 bridgehead atoms. The molecule has 0 saturated carbocycles. The fraction of sp³-hybridized carbons (Fsp3) is 0.316. The molecule has 1 aliphatic rings. The molecule has 2 heterocycles. The number of carbonyl (C=O) groups is 2. The Morgan fingerprint density at radius 3 is 2.81 bits per heavy atom. The Kier molecular flexibility index (Phi) is 5.16. The number of primary amides is 1. The minimum Gasteiger partial charge on any atom is -0.351 e. The number of rotatable bonds is 3. The van der Waals surface area contributed by atoms with Crippen LogP contribution in [0.3, 0.4) is 0 Å².